The lowest BCUT2D eigenvalue weighted by molar-refractivity contribution is -0.143. The second-order valence-corrected chi connectivity index (χ2v) is 6.02. The molecule has 2 aromatic carbocycles. The SMILES string of the molecule is COC(=O)C(c1ccc2cc(OC)ccc2c1)C1CCCC1. The Hall–Kier alpha value is -2.03. The molecular weight excluding hydrogens is 276 g/mol. The molecule has 2 aromatic rings. The number of carbonyl (C=O) groups excluding carboxylic acids is 1. The van der Waals surface area contributed by atoms with E-state index in [4.69, 9.17) is 9.47 Å². The topological polar surface area (TPSA) is 35.5 Å². The molecule has 0 aliphatic heterocycles. The standard InChI is InChI=1S/C19H22O3/c1-21-17-10-9-14-11-16(8-7-15(14)12-17)18(19(20)22-2)13-5-3-4-6-13/h7-13,18H,3-6H2,1-2H3. The Morgan fingerprint density at radius 2 is 1.73 bits per heavy atom. The van der Waals surface area contributed by atoms with Crippen LogP contribution in [0.3, 0.4) is 0 Å². The Morgan fingerprint density at radius 3 is 2.41 bits per heavy atom. The van der Waals surface area contributed by atoms with E-state index in [9.17, 15) is 4.79 Å². The zero-order valence-electron chi connectivity index (χ0n) is 13.2. The fraction of sp³-hybridized carbons (Fsp3) is 0.421. The number of ether oxygens (including phenoxy) is 2. The van der Waals surface area contributed by atoms with Crippen LogP contribution in [0, 0.1) is 5.92 Å². The van der Waals surface area contributed by atoms with Crippen molar-refractivity contribution < 1.29 is 14.3 Å². The highest BCUT2D eigenvalue weighted by Gasteiger charge is 2.32. The first-order valence-electron chi connectivity index (χ1n) is 7.88. The van der Waals surface area contributed by atoms with Gasteiger partial charge in [-0.2, -0.15) is 0 Å². The fourth-order valence-corrected chi connectivity index (χ4v) is 3.58. The minimum atomic E-state index is -0.140. The van der Waals surface area contributed by atoms with Crippen molar-refractivity contribution in [2.45, 2.75) is 31.6 Å². The van der Waals surface area contributed by atoms with Gasteiger partial charge < -0.3 is 9.47 Å². The Kier molecular flexibility index (Phi) is 4.32. The predicted octanol–water partition coefficient (Wildman–Crippen LogP) is 4.30. The van der Waals surface area contributed by atoms with Gasteiger partial charge in [-0.05, 0) is 47.2 Å². The summed E-state index contributed by atoms with van der Waals surface area (Å²) in [5.41, 5.74) is 1.07. The molecule has 0 heterocycles. The highest BCUT2D eigenvalue weighted by atomic mass is 16.5. The smallest absolute Gasteiger partial charge is 0.313 e. The summed E-state index contributed by atoms with van der Waals surface area (Å²) in [5, 5.41) is 2.25. The summed E-state index contributed by atoms with van der Waals surface area (Å²) >= 11 is 0. The first-order chi connectivity index (χ1) is 10.7. The van der Waals surface area contributed by atoms with E-state index in [0.29, 0.717) is 5.92 Å². The van der Waals surface area contributed by atoms with Crippen LogP contribution < -0.4 is 4.74 Å². The number of methoxy groups -OCH3 is 2. The van der Waals surface area contributed by atoms with E-state index < -0.39 is 0 Å². The summed E-state index contributed by atoms with van der Waals surface area (Å²) in [6.07, 6.45) is 4.65. The zero-order valence-corrected chi connectivity index (χ0v) is 13.2. The number of carbonyl (C=O) groups is 1. The predicted molar refractivity (Wildman–Crippen MR) is 87.2 cm³/mol. The largest absolute Gasteiger partial charge is 0.497 e. The molecular formula is C19H22O3. The minimum absolute atomic E-state index is 0.111. The van der Waals surface area contributed by atoms with Crippen LogP contribution in [0.25, 0.3) is 10.8 Å². The maximum atomic E-state index is 12.3. The van der Waals surface area contributed by atoms with E-state index in [1.807, 2.05) is 18.2 Å². The number of hydrogen-bond acceptors (Lipinski definition) is 3. The number of fused-ring (bicyclic) bond motifs is 1. The molecule has 1 atom stereocenters. The molecule has 3 nitrogen and oxygen atoms in total. The van der Waals surface area contributed by atoms with Gasteiger partial charge in [0, 0.05) is 0 Å². The molecule has 3 rings (SSSR count). The molecule has 0 spiro atoms. The van der Waals surface area contributed by atoms with Crippen molar-refractivity contribution in [2.75, 3.05) is 14.2 Å². The highest BCUT2D eigenvalue weighted by molar-refractivity contribution is 5.87. The van der Waals surface area contributed by atoms with Crippen molar-refractivity contribution in [3.8, 4) is 5.75 Å². The molecule has 0 aromatic heterocycles. The van der Waals surface area contributed by atoms with Crippen molar-refractivity contribution in [1.29, 1.82) is 0 Å². The van der Waals surface area contributed by atoms with Gasteiger partial charge in [-0.1, -0.05) is 37.1 Å². The first-order valence-corrected chi connectivity index (χ1v) is 7.88. The molecule has 0 radical (unpaired) electrons. The number of hydrogen-bond donors (Lipinski definition) is 0. The third kappa shape index (κ3) is 2.80. The number of benzene rings is 2. The normalized spacial score (nSPS) is 16.6. The Labute approximate surface area is 131 Å². The molecule has 0 saturated heterocycles. The van der Waals surface area contributed by atoms with Crippen LogP contribution in [0.2, 0.25) is 0 Å². The number of esters is 1. The van der Waals surface area contributed by atoms with Crippen molar-refractivity contribution >= 4 is 16.7 Å². The van der Waals surface area contributed by atoms with Crippen LogP contribution in [-0.4, -0.2) is 20.2 Å². The fourth-order valence-electron chi connectivity index (χ4n) is 3.58. The van der Waals surface area contributed by atoms with Crippen LogP contribution in [0.5, 0.6) is 5.75 Å². The van der Waals surface area contributed by atoms with Gasteiger partial charge in [-0.3, -0.25) is 4.79 Å². The summed E-state index contributed by atoms with van der Waals surface area (Å²) in [6.45, 7) is 0. The lowest BCUT2D eigenvalue weighted by atomic mass is 9.84. The van der Waals surface area contributed by atoms with Crippen LogP contribution >= 0.6 is 0 Å². The monoisotopic (exact) mass is 298 g/mol. The summed E-state index contributed by atoms with van der Waals surface area (Å²) in [4.78, 5) is 12.3. The van der Waals surface area contributed by atoms with Gasteiger partial charge in [-0.25, -0.2) is 0 Å². The second kappa shape index (κ2) is 6.39. The van der Waals surface area contributed by atoms with E-state index in [1.54, 1.807) is 7.11 Å². The molecule has 1 saturated carbocycles. The van der Waals surface area contributed by atoms with Crippen LogP contribution in [0.4, 0.5) is 0 Å². The van der Waals surface area contributed by atoms with Crippen molar-refractivity contribution in [3.63, 3.8) is 0 Å². The van der Waals surface area contributed by atoms with Crippen molar-refractivity contribution in [3.05, 3.63) is 42.0 Å². The van der Waals surface area contributed by atoms with Crippen LogP contribution in [0.1, 0.15) is 37.2 Å². The van der Waals surface area contributed by atoms with Gasteiger partial charge in [0.05, 0.1) is 20.1 Å². The minimum Gasteiger partial charge on any atom is -0.497 e. The van der Waals surface area contributed by atoms with E-state index in [0.717, 1.165) is 34.9 Å². The van der Waals surface area contributed by atoms with E-state index >= 15 is 0 Å². The maximum absolute atomic E-state index is 12.3. The first kappa shape index (κ1) is 14.9. The van der Waals surface area contributed by atoms with Crippen LogP contribution in [0.15, 0.2) is 36.4 Å². The summed E-state index contributed by atoms with van der Waals surface area (Å²) in [5.74, 6) is 1.00. The summed E-state index contributed by atoms with van der Waals surface area (Å²) < 4.78 is 10.3. The van der Waals surface area contributed by atoms with Crippen molar-refractivity contribution in [2.24, 2.45) is 5.92 Å². The maximum Gasteiger partial charge on any atom is 0.313 e. The molecule has 0 N–H and O–H groups in total. The van der Waals surface area contributed by atoms with Crippen LogP contribution in [-0.2, 0) is 9.53 Å². The second-order valence-electron chi connectivity index (χ2n) is 6.02. The molecule has 116 valence electrons. The van der Waals surface area contributed by atoms with Gasteiger partial charge in [0.1, 0.15) is 5.75 Å². The Bertz CT molecular complexity index is 671. The third-order valence-corrected chi connectivity index (χ3v) is 4.76. The summed E-state index contributed by atoms with van der Waals surface area (Å²) in [6, 6.07) is 12.3. The van der Waals surface area contributed by atoms with Gasteiger partial charge in [-0.15, -0.1) is 0 Å². The average molecular weight is 298 g/mol. The molecule has 3 heteroatoms. The zero-order chi connectivity index (χ0) is 15.5. The molecule has 0 amide bonds. The molecule has 0 bridgehead atoms. The molecule has 1 fully saturated rings. The van der Waals surface area contributed by atoms with E-state index in [-0.39, 0.29) is 11.9 Å². The highest BCUT2D eigenvalue weighted by Crippen LogP contribution is 2.39. The molecule has 1 unspecified atom stereocenters. The molecule has 22 heavy (non-hydrogen) atoms. The lowest BCUT2D eigenvalue weighted by Crippen LogP contribution is -2.21. The quantitative estimate of drug-likeness (QED) is 0.790. The van der Waals surface area contributed by atoms with Gasteiger partial charge in [0.25, 0.3) is 0 Å². The van der Waals surface area contributed by atoms with Crippen molar-refractivity contribution in [1.82, 2.24) is 0 Å². The molecule has 1 aliphatic rings. The third-order valence-electron chi connectivity index (χ3n) is 4.76. The van der Waals surface area contributed by atoms with Gasteiger partial charge >= 0.3 is 5.97 Å². The van der Waals surface area contributed by atoms with Gasteiger partial charge in [0.15, 0.2) is 0 Å². The Balaban J connectivity index is 1.99. The van der Waals surface area contributed by atoms with E-state index in [1.165, 1.54) is 20.0 Å². The Morgan fingerprint density at radius 1 is 1.05 bits per heavy atom. The lowest BCUT2D eigenvalue weighted by Gasteiger charge is -2.21. The van der Waals surface area contributed by atoms with Gasteiger partial charge in [0.2, 0.25) is 0 Å². The summed E-state index contributed by atoms with van der Waals surface area (Å²) in [7, 11) is 3.15. The van der Waals surface area contributed by atoms with E-state index in [2.05, 4.69) is 18.2 Å². The average Bonchev–Trinajstić information content (AvgIpc) is 3.08. The number of rotatable bonds is 4. The molecule has 1 aliphatic carbocycles.